The number of nitrogens with two attached hydrogens (primary N) is 1. The zero-order valence-electron chi connectivity index (χ0n) is 11.4. The Bertz CT molecular complexity index is 1030. The van der Waals surface area contributed by atoms with E-state index in [0.29, 0.717) is 32.9 Å². The Labute approximate surface area is 134 Å². The minimum Gasteiger partial charge on any atom is -0.367 e. The van der Waals surface area contributed by atoms with Gasteiger partial charge in [0.15, 0.2) is 11.4 Å². The number of guanidine groups is 1. The maximum Gasteiger partial charge on any atom is 0.232 e. The first-order valence-electron chi connectivity index (χ1n) is 6.26. The maximum absolute atomic E-state index is 9.14. The van der Waals surface area contributed by atoms with E-state index in [1.165, 1.54) is 0 Å². The first-order valence-corrected chi connectivity index (χ1v) is 6.64. The molecular weight excluding hydrogens is 316 g/mol. The van der Waals surface area contributed by atoms with E-state index in [1.807, 2.05) is 12.1 Å². The van der Waals surface area contributed by atoms with Gasteiger partial charge in [0.25, 0.3) is 0 Å². The Balaban J connectivity index is 2.47. The van der Waals surface area contributed by atoms with Crippen LogP contribution in [-0.4, -0.2) is 15.9 Å². The molecular formula is C14H7ClN8. The zero-order chi connectivity index (χ0) is 16.6. The SMILES string of the molecule is N#Cc1nc2c3ccc(Cl)cc3c(N=NC(=N)N)c-2[nH]c1C#N. The van der Waals surface area contributed by atoms with E-state index in [1.54, 1.807) is 18.2 Å². The average molecular weight is 323 g/mol. The molecule has 4 N–H and O–H groups in total. The molecule has 110 valence electrons. The van der Waals surface area contributed by atoms with Crippen molar-refractivity contribution in [2.75, 3.05) is 0 Å². The molecule has 1 heterocycles. The summed E-state index contributed by atoms with van der Waals surface area (Å²) in [4.78, 5) is 7.07. The molecule has 2 aliphatic rings. The first kappa shape index (κ1) is 14.4. The van der Waals surface area contributed by atoms with Gasteiger partial charge in [0.05, 0.1) is 11.4 Å². The summed E-state index contributed by atoms with van der Waals surface area (Å²) in [5.74, 6) is -0.461. The van der Waals surface area contributed by atoms with Crippen LogP contribution in [0.4, 0.5) is 5.69 Å². The number of aromatic amines is 1. The van der Waals surface area contributed by atoms with Crippen LogP contribution in [0, 0.1) is 28.1 Å². The van der Waals surface area contributed by atoms with E-state index in [0.717, 1.165) is 0 Å². The molecule has 1 aliphatic carbocycles. The number of benzene rings is 1. The lowest BCUT2D eigenvalue weighted by Gasteiger charge is -2.03. The van der Waals surface area contributed by atoms with Crippen LogP contribution in [0.3, 0.4) is 0 Å². The Morgan fingerprint density at radius 2 is 2.09 bits per heavy atom. The van der Waals surface area contributed by atoms with Crippen molar-refractivity contribution in [3.05, 3.63) is 34.6 Å². The Kier molecular flexibility index (Phi) is 3.37. The standard InChI is InChI=1S/C14H7ClN8/c15-6-1-2-7-8(3-6)12(22-23-14(18)19)13-11(7)20-9(4-16)10(5-17)21-13/h1-3,21H,(H3,18,19). The fourth-order valence-electron chi connectivity index (χ4n) is 2.26. The highest BCUT2D eigenvalue weighted by Crippen LogP contribution is 2.43. The molecule has 3 rings (SSSR count). The molecule has 0 bridgehead atoms. The summed E-state index contributed by atoms with van der Waals surface area (Å²) < 4.78 is 0. The molecule has 0 saturated carbocycles. The molecule has 0 aromatic heterocycles. The van der Waals surface area contributed by atoms with Crippen LogP contribution in [-0.2, 0) is 0 Å². The highest BCUT2D eigenvalue weighted by molar-refractivity contribution is 6.32. The van der Waals surface area contributed by atoms with Crippen molar-refractivity contribution in [1.82, 2.24) is 9.97 Å². The molecule has 9 heteroatoms. The quantitative estimate of drug-likeness (QED) is 0.358. The minimum absolute atomic E-state index is 0.0145. The molecule has 0 unspecified atom stereocenters. The predicted molar refractivity (Wildman–Crippen MR) is 83.6 cm³/mol. The lowest BCUT2D eigenvalue weighted by molar-refractivity contribution is 1.13. The number of hydrogen-bond donors (Lipinski definition) is 3. The number of halogens is 1. The molecule has 0 fully saturated rings. The monoisotopic (exact) mass is 322 g/mol. The number of fused-ring (bicyclic) bond motifs is 3. The maximum atomic E-state index is 9.14. The van der Waals surface area contributed by atoms with Crippen molar-refractivity contribution in [1.29, 1.82) is 15.9 Å². The second kappa shape index (κ2) is 5.37. The van der Waals surface area contributed by atoms with Crippen LogP contribution in [0.25, 0.3) is 22.2 Å². The van der Waals surface area contributed by atoms with Crippen molar-refractivity contribution in [2.45, 2.75) is 0 Å². The minimum atomic E-state index is -0.461. The van der Waals surface area contributed by atoms with Crippen LogP contribution in [0.15, 0.2) is 28.4 Å². The fraction of sp³-hybridized carbons (Fsp3) is 0. The summed E-state index contributed by atoms with van der Waals surface area (Å²) in [6.45, 7) is 0. The molecule has 0 spiro atoms. The van der Waals surface area contributed by atoms with Gasteiger partial charge >= 0.3 is 0 Å². The Morgan fingerprint density at radius 1 is 1.30 bits per heavy atom. The van der Waals surface area contributed by atoms with Gasteiger partial charge in [0.1, 0.15) is 17.8 Å². The van der Waals surface area contributed by atoms with Gasteiger partial charge in [0.2, 0.25) is 5.96 Å². The molecule has 1 aliphatic heterocycles. The third kappa shape index (κ3) is 2.33. The summed E-state index contributed by atoms with van der Waals surface area (Å²) in [5, 5.41) is 34.7. The average Bonchev–Trinajstić information content (AvgIpc) is 2.83. The fourth-order valence-corrected chi connectivity index (χ4v) is 2.43. The van der Waals surface area contributed by atoms with Crippen LogP contribution in [0.1, 0.15) is 11.4 Å². The summed E-state index contributed by atoms with van der Waals surface area (Å²) in [6.07, 6.45) is 0. The third-order valence-electron chi connectivity index (χ3n) is 3.15. The molecule has 1 aromatic rings. The largest absolute Gasteiger partial charge is 0.367 e. The molecule has 0 amide bonds. The number of azo groups is 1. The topological polar surface area (TPSA) is 151 Å². The van der Waals surface area contributed by atoms with Crippen LogP contribution >= 0.6 is 11.6 Å². The molecule has 23 heavy (non-hydrogen) atoms. The number of nitrogens with one attached hydrogen (secondary N) is 2. The molecule has 0 saturated heterocycles. The van der Waals surface area contributed by atoms with Crippen LogP contribution in [0.2, 0.25) is 5.02 Å². The van der Waals surface area contributed by atoms with Gasteiger partial charge in [-0.3, -0.25) is 5.41 Å². The van der Waals surface area contributed by atoms with E-state index in [9.17, 15) is 0 Å². The van der Waals surface area contributed by atoms with E-state index < -0.39 is 5.96 Å². The third-order valence-corrected chi connectivity index (χ3v) is 3.39. The van der Waals surface area contributed by atoms with E-state index in [4.69, 9.17) is 33.3 Å². The molecule has 8 nitrogen and oxygen atoms in total. The molecule has 1 aromatic carbocycles. The predicted octanol–water partition coefficient (Wildman–Crippen LogP) is 3.04. The van der Waals surface area contributed by atoms with Crippen molar-refractivity contribution < 1.29 is 0 Å². The van der Waals surface area contributed by atoms with Gasteiger partial charge in [-0.05, 0) is 12.1 Å². The van der Waals surface area contributed by atoms with E-state index >= 15 is 0 Å². The lowest BCUT2D eigenvalue weighted by atomic mass is 10.2. The number of hydrogen-bond acceptors (Lipinski definition) is 5. The summed E-state index contributed by atoms with van der Waals surface area (Å²) in [6, 6.07) is 8.84. The van der Waals surface area contributed by atoms with Crippen molar-refractivity contribution >= 4 is 34.0 Å². The number of nitriles is 2. The van der Waals surface area contributed by atoms with Gasteiger partial charge in [-0.15, -0.1) is 10.2 Å². The summed E-state index contributed by atoms with van der Waals surface area (Å²) >= 11 is 6.02. The Hall–Kier alpha value is -3.49. The van der Waals surface area contributed by atoms with Gasteiger partial charge in [-0.25, -0.2) is 4.98 Å². The van der Waals surface area contributed by atoms with E-state index in [2.05, 4.69) is 20.2 Å². The zero-order valence-corrected chi connectivity index (χ0v) is 12.2. The van der Waals surface area contributed by atoms with Crippen molar-refractivity contribution in [3.8, 4) is 23.5 Å². The number of nitrogens with zero attached hydrogens (tertiary/aromatic N) is 5. The smallest absolute Gasteiger partial charge is 0.232 e. The molecule has 0 radical (unpaired) electrons. The molecule has 0 atom stereocenters. The van der Waals surface area contributed by atoms with Crippen LogP contribution < -0.4 is 5.73 Å². The Morgan fingerprint density at radius 3 is 2.74 bits per heavy atom. The lowest BCUT2D eigenvalue weighted by Crippen LogP contribution is -2.03. The van der Waals surface area contributed by atoms with Gasteiger partial charge in [-0.1, -0.05) is 17.7 Å². The number of aromatic nitrogens is 2. The van der Waals surface area contributed by atoms with Crippen LogP contribution in [0.5, 0.6) is 0 Å². The summed E-state index contributed by atoms with van der Waals surface area (Å²) in [5.41, 5.74) is 6.43. The normalized spacial score (nSPS) is 10.9. The second-order valence-corrected chi connectivity index (χ2v) is 4.97. The highest BCUT2D eigenvalue weighted by Gasteiger charge is 2.23. The number of rotatable bonds is 1. The van der Waals surface area contributed by atoms with Gasteiger partial charge in [-0.2, -0.15) is 10.5 Å². The van der Waals surface area contributed by atoms with Gasteiger partial charge < -0.3 is 10.7 Å². The van der Waals surface area contributed by atoms with Crippen molar-refractivity contribution in [3.63, 3.8) is 0 Å². The van der Waals surface area contributed by atoms with E-state index in [-0.39, 0.29) is 11.4 Å². The summed E-state index contributed by atoms with van der Waals surface area (Å²) in [7, 11) is 0. The highest BCUT2D eigenvalue weighted by atomic mass is 35.5. The second-order valence-electron chi connectivity index (χ2n) is 4.53. The first-order chi connectivity index (χ1) is 11.0. The van der Waals surface area contributed by atoms with Crippen molar-refractivity contribution in [2.24, 2.45) is 16.0 Å². The number of H-pyrrole nitrogens is 1. The van der Waals surface area contributed by atoms with Gasteiger partial charge in [0, 0.05) is 15.8 Å².